The number of nitrogens with one attached hydrogen (secondary N) is 1. The fourth-order valence-electron chi connectivity index (χ4n) is 3.18. The quantitative estimate of drug-likeness (QED) is 0.934. The van der Waals surface area contributed by atoms with Gasteiger partial charge in [0, 0.05) is 31.7 Å². The molecule has 1 aromatic heterocycles. The van der Waals surface area contributed by atoms with Crippen molar-refractivity contribution in [2.75, 3.05) is 19.8 Å². The van der Waals surface area contributed by atoms with Gasteiger partial charge in [0.25, 0.3) is 5.89 Å². The Balaban J connectivity index is 1.60. The molecule has 1 unspecified atom stereocenters. The molecule has 1 aromatic carbocycles. The second-order valence-corrected chi connectivity index (χ2v) is 5.82. The molecule has 0 radical (unpaired) electrons. The topological polar surface area (TPSA) is 60.2 Å². The van der Waals surface area contributed by atoms with Crippen LogP contribution in [0.3, 0.4) is 0 Å². The second kappa shape index (κ2) is 5.58. The number of nitrogens with zero attached hydrogens (tertiary/aromatic N) is 2. The van der Waals surface area contributed by atoms with Crippen LogP contribution in [0.1, 0.15) is 23.4 Å². The summed E-state index contributed by atoms with van der Waals surface area (Å²) in [6.07, 6.45) is 2.95. The molecule has 4 rings (SSSR count). The fraction of sp³-hybridized carbons (Fsp3) is 0.500. The van der Waals surface area contributed by atoms with Gasteiger partial charge in [-0.3, -0.25) is 0 Å². The number of ether oxygens (including phenoxy) is 1. The van der Waals surface area contributed by atoms with Crippen molar-refractivity contribution in [3.8, 4) is 11.5 Å². The van der Waals surface area contributed by atoms with Crippen molar-refractivity contribution < 1.29 is 9.26 Å². The molecule has 3 heterocycles. The minimum atomic E-state index is 0.532. The van der Waals surface area contributed by atoms with Crippen LogP contribution in [0.5, 0.6) is 0 Å². The van der Waals surface area contributed by atoms with Gasteiger partial charge in [0.05, 0.1) is 0 Å². The third kappa shape index (κ3) is 2.59. The molecule has 2 aliphatic rings. The molecule has 0 saturated carbocycles. The third-order valence-corrected chi connectivity index (χ3v) is 4.33. The van der Waals surface area contributed by atoms with Crippen molar-refractivity contribution >= 4 is 0 Å². The van der Waals surface area contributed by atoms with Crippen molar-refractivity contribution in [1.82, 2.24) is 15.5 Å². The molecular formula is C16H19N3O2. The average molecular weight is 285 g/mol. The van der Waals surface area contributed by atoms with Gasteiger partial charge in [0.2, 0.25) is 0 Å². The summed E-state index contributed by atoms with van der Waals surface area (Å²) in [5.41, 5.74) is 3.77. The summed E-state index contributed by atoms with van der Waals surface area (Å²) in [6.45, 7) is 3.60. The van der Waals surface area contributed by atoms with Gasteiger partial charge < -0.3 is 14.6 Å². The van der Waals surface area contributed by atoms with Gasteiger partial charge in [-0.1, -0.05) is 17.3 Å². The van der Waals surface area contributed by atoms with Gasteiger partial charge in [0.15, 0.2) is 5.82 Å². The lowest BCUT2D eigenvalue weighted by Gasteiger charge is -2.18. The zero-order valence-electron chi connectivity index (χ0n) is 12.0. The van der Waals surface area contributed by atoms with E-state index in [1.54, 1.807) is 0 Å². The van der Waals surface area contributed by atoms with Gasteiger partial charge in [-0.15, -0.1) is 0 Å². The van der Waals surface area contributed by atoms with Crippen molar-refractivity contribution in [1.29, 1.82) is 0 Å². The summed E-state index contributed by atoms with van der Waals surface area (Å²) < 4.78 is 10.9. The molecule has 1 saturated heterocycles. The molecule has 0 aliphatic carbocycles. The van der Waals surface area contributed by atoms with Crippen LogP contribution in [0.2, 0.25) is 0 Å². The summed E-state index contributed by atoms with van der Waals surface area (Å²) in [4.78, 5) is 4.60. The normalized spacial score (nSPS) is 21.4. The van der Waals surface area contributed by atoms with Crippen LogP contribution in [0.4, 0.5) is 0 Å². The van der Waals surface area contributed by atoms with Crippen LogP contribution in [0, 0.1) is 5.92 Å². The van der Waals surface area contributed by atoms with Gasteiger partial charge in [-0.25, -0.2) is 0 Å². The number of rotatable bonds is 3. The predicted octanol–water partition coefficient (Wildman–Crippen LogP) is 1.96. The monoisotopic (exact) mass is 285 g/mol. The van der Waals surface area contributed by atoms with Crippen LogP contribution in [-0.2, 0) is 24.1 Å². The van der Waals surface area contributed by atoms with Crippen molar-refractivity contribution in [3.63, 3.8) is 0 Å². The summed E-state index contributed by atoms with van der Waals surface area (Å²) >= 11 is 0. The summed E-state index contributed by atoms with van der Waals surface area (Å²) in [5.74, 6) is 1.99. The minimum Gasteiger partial charge on any atom is -0.381 e. The molecule has 110 valence electrons. The molecule has 5 heteroatoms. The first-order valence-corrected chi connectivity index (χ1v) is 7.62. The van der Waals surface area contributed by atoms with E-state index in [-0.39, 0.29) is 0 Å². The zero-order valence-corrected chi connectivity index (χ0v) is 12.0. The van der Waals surface area contributed by atoms with Gasteiger partial charge in [0.1, 0.15) is 0 Å². The van der Waals surface area contributed by atoms with Gasteiger partial charge in [-0.2, -0.15) is 4.98 Å². The predicted molar refractivity (Wildman–Crippen MR) is 77.8 cm³/mol. The highest BCUT2D eigenvalue weighted by molar-refractivity contribution is 5.61. The molecule has 1 fully saturated rings. The van der Waals surface area contributed by atoms with E-state index in [4.69, 9.17) is 9.26 Å². The largest absolute Gasteiger partial charge is 0.381 e. The maximum atomic E-state index is 5.50. The molecular weight excluding hydrogens is 266 g/mol. The number of hydrogen-bond acceptors (Lipinski definition) is 5. The maximum Gasteiger partial charge on any atom is 0.258 e. The SMILES string of the molecule is c1cc2c(c(-c3nc(CC4CCOC4)no3)c1)CCNC2. The van der Waals surface area contributed by atoms with E-state index in [9.17, 15) is 0 Å². The van der Waals surface area contributed by atoms with Crippen LogP contribution >= 0.6 is 0 Å². The Labute approximate surface area is 123 Å². The number of hydrogen-bond donors (Lipinski definition) is 1. The highest BCUT2D eigenvalue weighted by Gasteiger charge is 2.21. The van der Waals surface area contributed by atoms with E-state index < -0.39 is 0 Å². The molecule has 1 atom stereocenters. The first kappa shape index (κ1) is 13.0. The lowest BCUT2D eigenvalue weighted by molar-refractivity contribution is 0.185. The van der Waals surface area contributed by atoms with Crippen molar-refractivity contribution in [2.24, 2.45) is 5.92 Å². The Morgan fingerprint density at radius 1 is 1.33 bits per heavy atom. The van der Waals surface area contributed by atoms with Crippen LogP contribution in [0.15, 0.2) is 22.7 Å². The third-order valence-electron chi connectivity index (χ3n) is 4.33. The summed E-state index contributed by atoms with van der Waals surface area (Å²) in [6, 6.07) is 6.31. The van der Waals surface area contributed by atoms with E-state index in [0.717, 1.165) is 57.0 Å². The maximum absolute atomic E-state index is 5.50. The van der Waals surface area contributed by atoms with Gasteiger partial charge in [-0.05, 0) is 42.5 Å². The lowest BCUT2D eigenvalue weighted by Crippen LogP contribution is -2.24. The van der Waals surface area contributed by atoms with Crippen molar-refractivity contribution in [3.05, 3.63) is 35.2 Å². The molecule has 0 bridgehead atoms. The highest BCUT2D eigenvalue weighted by Crippen LogP contribution is 2.28. The van der Waals surface area contributed by atoms with Crippen LogP contribution < -0.4 is 5.32 Å². The first-order chi connectivity index (χ1) is 10.4. The van der Waals surface area contributed by atoms with E-state index in [2.05, 4.69) is 33.7 Å². The average Bonchev–Trinajstić information content (AvgIpc) is 3.19. The Morgan fingerprint density at radius 2 is 2.33 bits per heavy atom. The first-order valence-electron chi connectivity index (χ1n) is 7.62. The lowest BCUT2D eigenvalue weighted by atomic mass is 9.95. The molecule has 0 spiro atoms. The number of aromatic nitrogens is 2. The van der Waals surface area contributed by atoms with Crippen molar-refractivity contribution in [2.45, 2.75) is 25.8 Å². The highest BCUT2D eigenvalue weighted by atomic mass is 16.5. The Morgan fingerprint density at radius 3 is 3.24 bits per heavy atom. The van der Waals surface area contributed by atoms with E-state index in [0.29, 0.717) is 11.8 Å². The summed E-state index contributed by atoms with van der Waals surface area (Å²) in [7, 11) is 0. The summed E-state index contributed by atoms with van der Waals surface area (Å²) in [5, 5.41) is 7.54. The number of fused-ring (bicyclic) bond motifs is 1. The molecule has 21 heavy (non-hydrogen) atoms. The number of benzene rings is 1. The Hall–Kier alpha value is -1.72. The molecule has 5 nitrogen and oxygen atoms in total. The molecule has 1 N–H and O–H groups in total. The molecule has 2 aliphatic heterocycles. The van der Waals surface area contributed by atoms with E-state index >= 15 is 0 Å². The van der Waals surface area contributed by atoms with Crippen LogP contribution in [-0.4, -0.2) is 29.9 Å². The van der Waals surface area contributed by atoms with Gasteiger partial charge >= 0.3 is 0 Å². The second-order valence-electron chi connectivity index (χ2n) is 5.82. The smallest absolute Gasteiger partial charge is 0.258 e. The van der Waals surface area contributed by atoms with E-state index in [1.807, 2.05) is 0 Å². The van der Waals surface area contributed by atoms with Crippen LogP contribution in [0.25, 0.3) is 11.5 Å². The minimum absolute atomic E-state index is 0.532. The Kier molecular flexibility index (Phi) is 3.45. The fourth-order valence-corrected chi connectivity index (χ4v) is 3.18. The zero-order chi connectivity index (χ0) is 14.1. The molecule has 0 amide bonds. The Bertz CT molecular complexity index is 632. The standard InChI is InChI=1S/C16H19N3O2/c1-2-12-9-17-6-4-13(12)14(3-1)16-18-15(19-21-16)8-11-5-7-20-10-11/h1-3,11,17H,4-10H2. The molecule has 2 aromatic rings. The van der Waals surface area contributed by atoms with E-state index in [1.165, 1.54) is 11.1 Å².